The van der Waals surface area contributed by atoms with Gasteiger partial charge in [-0.1, -0.05) is 38.8 Å². The van der Waals surface area contributed by atoms with E-state index in [4.69, 9.17) is 4.74 Å². The number of aryl methyl sites for hydroxylation is 3. The van der Waals surface area contributed by atoms with Crippen LogP contribution in [0.1, 0.15) is 56.4 Å². The van der Waals surface area contributed by atoms with Crippen molar-refractivity contribution in [3.8, 4) is 5.75 Å². The molecule has 2 rings (SSSR count). The summed E-state index contributed by atoms with van der Waals surface area (Å²) in [6.45, 7) is 10.9. The van der Waals surface area contributed by atoms with Crippen molar-refractivity contribution >= 4 is 21.7 Å². The minimum Gasteiger partial charge on any atom is -0.491 e. The number of halogens is 1. The molecule has 0 aliphatic carbocycles. The van der Waals surface area contributed by atoms with Crippen molar-refractivity contribution in [3.63, 3.8) is 0 Å². The predicted molar refractivity (Wildman–Crippen MR) is 117 cm³/mol. The second-order valence-electron chi connectivity index (χ2n) is 6.99. The fourth-order valence-corrected chi connectivity index (χ4v) is 3.59. The van der Waals surface area contributed by atoms with Gasteiger partial charge in [-0.3, -0.25) is 0 Å². The first-order valence-electron chi connectivity index (χ1n) is 10.0. The van der Waals surface area contributed by atoms with Crippen LogP contribution in [0.2, 0.25) is 0 Å². The van der Waals surface area contributed by atoms with E-state index < -0.39 is 0 Å². The van der Waals surface area contributed by atoms with Crippen molar-refractivity contribution in [2.75, 3.05) is 24.6 Å². The summed E-state index contributed by atoms with van der Waals surface area (Å²) in [6, 6.07) is 6.58. The van der Waals surface area contributed by atoms with Crippen LogP contribution >= 0.6 is 15.9 Å². The molecule has 1 aromatic carbocycles. The van der Waals surface area contributed by atoms with E-state index in [1.165, 1.54) is 30.4 Å². The number of aromatic nitrogens is 2. The summed E-state index contributed by atoms with van der Waals surface area (Å²) in [7, 11) is 0. The van der Waals surface area contributed by atoms with Crippen LogP contribution in [0, 0.1) is 13.8 Å². The highest BCUT2D eigenvalue weighted by Crippen LogP contribution is 2.26. The topological polar surface area (TPSA) is 38.2 Å². The van der Waals surface area contributed by atoms with Gasteiger partial charge in [0.1, 0.15) is 24.5 Å². The van der Waals surface area contributed by atoms with E-state index in [0.717, 1.165) is 47.7 Å². The summed E-state index contributed by atoms with van der Waals surface area (Å²) < 4.78 is 7.05. The molecule has 0 saturated carbocycles. The lowest BCUT2D eigenvalue weighted by Crippen LogP contribution is -2.30. The second-order valence-corrected chi connectivity index (χ2v) is 7.78. The summed E-state index contributed by atoms with van der Waals surface area (Å²) in [5.74, 6) is 1.92. The van der Waals surface area contributed by atoms with Gasteiger partial charge in [-0.05, 0) is 66.2 Å². The molecule has 0 N–H and O–H groups in total. The van der Waals surface area contributed by atoms with E-state index in [1.807, 2.05) is 6.92 Å². The number of nitrogens with zero attached hydrogens (tertiary/aromatic N) is 3. The molecule has 148 valence electrons. The van der Waals surface area contributed by atoms with Crippen LogP contribution in [0.25, 0.3) is 0 Å². The van der Waals surface area contributed by atoms with Crippen molar-refractivity contribution in [2.24, 2.45) is 0 Å². The number of hydrogen-bond donors (Lipinski definition) is 0. The Balaban J connectivity index is 1.95. The van der Waals surface area contributed by atoms with Crippen LogP contribution in [0.15, 0.2) is 29.0 Å². The summed E-state index contributed by atoms with van der Waals surface area (Å²) in [5, 5.41) is 0. The molecule has 4 nitrogen and oxygen atoms in total. The van der Waals surface area contributed by atoms with Gasteiger partial charge >= 0.3 is 0 Å². The van der Waals surface area contributed by atoms with E-state index in [-0.39, 0.29) is 0 Å². The van der Waals surface area contributed by atoms with Gasteiger partial charge in [0.15, 0.2) is 0 Å². The molecule has 2 aromatic rings. The third-order valence-electron chi connectivity index (χ3n) is 4.67. The van der Waals surface area contributed by atoms with Gasteiger partial charge in [0.05, 0.1) is 16.7 Å². The van der Waals surface area contributed by atoms with Crippen LogP contribution in [0.4, 0.5) is 5.82 Å². The highest BCUT2D eigenvalue weighted by Gasteiger charge is 2.13. The molecule has 0 unspecified atom stereocenters. The van der Waals surface area contributed by atoms with Gasteiger partial charge in [0.25, 0.3) is 0 Å². The normalized spacial score (nSPS) is 10.9. The summed E-state index contributed by atoms with van der Waals surface area (Å²) in [4.78, 5) is 11.0. The molecule has 0 spiro atoms. The average Bonchev–Trinajstić information content (AvgIpc) is 2.65. The number of rotatable bonds is 11. The van der Waals surface area contributed by atoms with Crippen molar-refractivity contribution in [1.29, 1.82) is 0 Å². The molecule has 0 atom stereocenters. The monoisotopic (exact) mass is 433 g/mol. The van der Waals surface area contributed by atoms with Crippen LogP contribution in [-0.4, -0.2) is 29.7 Å². The quantitative estimate of drug-likeness (QED) is 0.414. The first-order valence-corrected chi connectivity index (χ1v) is 10.8. The van der Waals surface area contributed by atoms with Crippen LogP contribution in [-0.2, 0) is 6.42 Å². The van der Waals surface area contributed by atoms with Gasteiger partial charge in [-0.15, -0.1) is 0 Å². The molecular formula is C22H32BrN3O. The lowest BCUT2D eigenvalue weighted by Gasteiger charge is -2.24. The zero-order valence-corrected chi connectivity index (χ0v) is 18.7. The molecular weight excluding hydrogens is 402 g/mol. The molecule has 0 aliphatic rings. The standard InChI is InChI=1S/C22H32BrN3O/c1-5-7-8-9-19-10-11-20(17(3)15-19)27-14-13-26(12-6-2)22-21(23)18(4)24-16-25-22/h10-11,15-16H,5-9,12-14H2,1-4H3. The highest BCUT2D eigenvalue weighted by atomic mass is 79.9. The van der Waals surface area contributed by atoms with E-state index in [9.17, 15) is 0 Å². The van der Waals surface area contributed by atoms with Crippen molar-refractivity contribution in [2.45, 2.75) is 59.8 Å². The van der Waals surface area contributed by atoms with E-state index in [0.29, 0.717) is 6.61 Å². The molecule has 5 heteroatoms. The number of unbranched alkanes of at least 4 members (excludes halogenated alkanes) is 2. The maximum Gasteiger partial charge on any atom is 0.146 e. The van der Waals surface area contributed by atoms with E-state index in [1.54, 1.807) is 6.33 Å². The Morgan fingerprint density at radius 2 is 1.85 bits per heavy atom. The SMILES string of the molecule is CCCCCc1ccc(OCCN(CCC)c2ncnc(C)c2Br)c(C)c1. The highest BCUT2D eigenvalue weighted by molar-refractivity contribution is 9.10. The Morgan fingerprint density at radius 3 is 2.56 bits per heavy atom. The Morgan fingerprint density at radius 1 is 1.04 bits per heavy atom. The molecule has 0 bridgehead atoms. The minimum atomic E-state index is 0.630. The zero-order valence-electron chi connectivity index (χ0n) is 17.1. The van der Waals surface area contributed by atoms with Gasteiger partial charge in [-0.2, -0.15) is 0 Å². The number of ether oxygens (including phenoxy) is 1. The maximum atomic E-state index is 6.09. The second kappa shape index (κ2) is 11.3. The fraction of sp³-hybridized carbons (Fsp3) is 0.545. The molecule has 0 fully saturated rings. The predicted octanol–water partition coefficient (Wildman–Crippen LogP) is 5.88. The number of hydrogen-bond acceptors (Lipinski definition) is 4. The average molecular weight is 434 g/mol. The van der Waals surface area contributed by atoms with E-state index in [2.05, 4.69) is 69.8 Å². The zero-order chi connectivity index (χ0) is 19.6. The largest absolute Gasteiger partial charge is 0.491 e. The smallest absolute Gasteiger partial charge is 0.146 e. The molecule has 0 saturated heterocycles. The molecule has 1 aromatic heterocycles. The van der Waals surface area contributed by atoms with Crippen molar-refractivity contribution in [3.05, 3.63) is 45.8 Å². The Hall–Kier alpha value is -1.62. The summed E-state index contributed by atoms with van der Waals surface area (Å²) in [5.41, 5.74) is 3.57. The molecule has 0 aliphatic heterocycles. The van der Waals surface area contributed by atoms with Crippen LogP contribution < -0.4 is 9.64 Å². The van der Waals surface area contributed by atoms with Crippen molar-refractivity contribution in [1.82, 2.24) is 9.97 Å². The number of benzene rings is 1. The van der Waals surface area contributed by atoms with Crippen molar-refractivity contribution < 1.29 is 4.74 Å². The van der Waals surface area contributed by atoms with E-state index >= 15 is 0 Å². The van der Waals surface area contributed by atoms with Crippen LogP contribution in [0.5, 0.6) is 5.75 Å². The Bertz CT molecular complexity index is 721. The third-order valence-corrected chi connectivity index (χ3v) is 5.59. The Kier molecular flexibility index (Phi) is 9.05. The lowest BCUT2D eigenvalue weighted by molar-refractivity contribution is 0.321. The van der Waals surface area contributed by atoms with Gasteiger partial charge in [0.2, 0.25) is 0 Å². The summed E-state index contributed by atoms with van der Waals surface area (Å²) >= 11 is 3.63. The molecule has 27 heavy (non-hydrogen) atoms. The maximum absolute atomic E-state index is 6.09. The Labute approximate surface area is 172 Å². The first kappa shape index (κ1) is 21.7. The molecule has 1 heterocycles. The fourth-order valence-electron chi connectivity index (χ4n) is 3.13. The van der Waals surface area contributed by atoms with Gasteiger partial charge in [0, 0.05) is 6.54 Å². The number of anilines is 1. The third kappa shape index (κ3) is 6.49. The molecule has 0 radical (unpaired) electrons. The molecule has 0 amide bonds. The summed E-state index contributed by atoms with van der Waals surface area (Å²) in [6.07, 6.45) is 7.65. The van der Waals surface area contributed by atoms with Gasteiger partial charge < -0.3 is 9.64 Å². The minimum absolute atomic E-state index is 0.630. The lowest BCUT2D eigenvalue weighted by atomic mass is 10.0. The first-order chi connectivity index (χ1) is 13.1. The van der Waals surface area contributed by atoms with Crippen LogP contribution in [0.3, 0.4) is 0 Å². The van der Waals surface area contributed by atoms with Gasteiger partial charge in [-0.25, -0.2) is 9.97 Å².